The van der Waals surface area contributed by atoms with Crippen LogP contribution in [0.3, 0.4) is 0 Å². The second-order valence-corrected chi connectivity index (χ2v) is 9.48. The maximum atomic E-state index is 14.9. The van der Waals surface area contributed by atoms with E-state index in [0.29, 0.717) is 30.4 Å². The topological polar surface area (TPSA) is 115 Å². The number of nitrogens with zero attached hydrogens (tertiary/aromatic N) is 4. The van der Waals surface area contributed by atoms with Crippen LogP contribution >= 0.6 is 0 Å². The highest BCUT2D eigenvalue weighted by Gasteiger charge is 2.35. The van der Waals surface area contributed by atoms with Gasteiger partial charge < -0.3 is 25.3 Å². The zero-order valence-electron chi connectivity index (χ0n) is 22.9. The number of aromatic nitrogens is 3. The summed E-state index contributed by atoms with van der Waals surface area (Å²) in [6, 6.07) is 1.95. The van der Waals surface area contributed by atoms with E-state index in [4.69, 9.17) is 4.74 Å². The van der Waals surface area contributed by atoms with Gasteiger partial charge in [-0.15, -0.1) is 0 Å². The van der Waals surface area contributed by atoms with Gasteiger partial charge in [-0.05, 0) is 44.2 Å². The van der Waals surface area contributed by atoms with Crippen LogP contribution in [0.2, 0.25) is 0 Å². The van der Waals surface area contributed by atoms with Crippen LogP contribution < -0.4 is 20.9 Å². The number of hydrogen-bond acceptors (Lipinski definition) is 7. The van der Waals surface area contributed by atoms with E-state index in [1.54, 1.807) is 13.8 Å². The number of aromatic amines is 1. The number of alkyl halides is 3. The van der Waals surface area contributed by atoms with Crippen LogP contribution in [-0.4, -0.2) is 70.1 Å². The fraction of sp³-hybridized carbons (Fsp3) is 0.407. The Hall–Kier alpha value is -4.04. The van der Waals surface area contributed by atoms with Gasteiger partial charge in [-0.2, -0.15) is 13.2 Å². The Balaban J connectivity index is 1.48. The molecule has 0 spiro atoms. The first kappa shape index (κ1) is 29.9. The number of halogens is 4. The van der Waals surface area contributed by atoms with Gasteiger partial charge in [-0.25, -0.2) is 19.2 Å². The number of pyridine rings is 1. The molecule has 1 aliphatic heterocycles. The van der Waals surface area contributed by atoms with Gasteiger partial charge >= 0.3 is 12.2 Å². The second kappa shape index (κ2) is 12.6. The summed E-state index contributed by atoms with van der Waals surface area (Å²) in [5, 5.41) is 4.59. The number of nitrogens with one attached hydrogen (secondary N) is 3. The third-order valence-electron chi connectivity index (χ3n) is 6.71. The average molecular weight is 578 g/mol. The molecule has 3 N–H and O–H groups in total. The van der Waals surface area contributed by atoms with Crippen molar-refractivity contribution in [1.82, 2.24) is 24.8 Å². The SMILES string of the molecule is CCOc1cc(-c2ncc(NC(=O)Nc3cc(C(F)(F)F)c(CN4CCN(CC)CC4)cc3F)c(C)n2)c[nH]c1=O. The van der Waals surface area contributed by atoms with Crippen molar-refractivity contribution in [2.45, 2.75) is 33.5 Å². The third-order valence-corrected chi connectivity index (χ3v) is 6.71. The molecular weight excluding hydrogens is 546 g/mol. The first-order valence-corrected chi connectivity index (χ1v) is 13.1. The molecule has 14 heteroatoms. The first-order valence-electron chi connectivity index (χ1n) is 13.1. The molecule has 0 radical (unpaired) electrons. The van der Waals surface area contributed by atoms with E-state index in [1.165, 1.54) is 18.5 Å². The van der Waals surface area contributed by atoms with Gasteiger partial charge in [-0.3, -0.25) is 9.69 Å². The number of carbonyl (C=O) groups is 1. The maximum absolute atomic E-state index is 14.9. The Morgan fingerprint density at radius 1 is 1.07 bits per heavy atom. The highest BCUT2D eigenvalue weighted by Crippen LogP contribution is 2.36. The molecule has 3 aromatic rings. The summed E-state index contributed by atoms with van der Waals surface area (Å²) < 4.78 is 62.0. The molecule has 41 heavy (non-hydrogen) atoms. The lowest BCUT2D eigenvalue weighted by molar-refractivity contribution is -0.138. The van der Waals surface area contributed by atoms with Gasteiger partial charge in [0.15, 0.2) is 11.6 Å². The fourth-order valence-corrected chi connectivity index (χ4v) is 4.47. The summed E-state index contributed by atoms with van der Waals surface area (Å²) in [7, 11) is 0. The van der Waals surface area contributed by atoms with Crippen molar-refractivity contribution in [3.63, 3.8) is 0 Å². The summed E-state index contributed by atoms with van der Waals surface area (Å²) >= 11 is 0. The molecule has 10 nitrogen and oxygen atoms in total. The molecule has 220 valence electrons. The van der Waals surface area contributed by atoms with Crippen molar-refractivity contribution < 1.29 is 27.1 Å². The minimum absolute atomic E-state index is 0.0555. The largest absolute Gasteiger partial charge is 0.488 e. The van der Waals surface area contributed by atoms with Crippen molar-refractivity contribution in [2.24, 2.45) is 0 Å². The smallest absolute Gasteiger partial charge is 0.416 e. The van der Waals surface area contributed by atoms with E-state index >= 15 is 0 Å². The number of piperazine rings is 1. The van der Waals surface area contributed by atoms with Crippen molar-refractivity contribution in [3.05, 3.63) is 63.6 Å². The lowest BCUT2D eigenvalue weighted by Crippen LogP contribution is -2.45. The van der Waals surface area contributed by atoms with Crippen molar-refractivity contribution in [1.29, 1.82) is 0 Å². The van der Waals surface area contributed by atoms with E-state index < -0.39 is 34.8 Å². The summed E-state index contributed by atoms with van der Waals surface area (Å²) in [5.41, 5.74) is -1.29. The zero-order valence-corrected chi connectivity index (χ0v) is 22.9. The lowest BCUT2D eigenvalue weighted by atomic mass is 10.0. The number of amides is 2. The number of carbonyl (C=O) groups excluding carboxylic acids is 1. The van der Waals surface area contributed by atoms with Crippen LogP contribution in [0, 0.1) is 12.7 Å². The van der Waals surface area contributed by atoms with Crippen molar-refractivity contribution >= 4 is 17.4 Å². The standard InChI is InChI=1S/C27H31F4N7O3/c1-4-37-6-8-38(9-7-37)15-18-10-20(28)21(12-19(18)27(29,30)31)35-26(40)36-22-14-32-24(34-16(22)3)17-11-23(41-5-2)25(39)33-13-17/h10-14H,4-9,15H2,1-3H3,(H,33,39)(H2,35,36,40). The van der Waals surface area contributed by atoms with Gasteiger partial charge in [-0.1, -0.05) is 6.92 Å². The number of anilines is 2. The number of likely N-dealkylation sites (N-methyl/N-ethyl adjacent to an activating group) is 1. The molecule has 3 heterocycles. The van der Waals surface area contributed by atoms with Gasteiger partial charge in [0, 0.05) is 44.5 Å². The molecule has 1 aliphatic rings. The molecule has 0 saturated carbocycles. The van der Waals surface area contributed by atoms with E-state index in [0.717, 1.165) is 25.7 Å². The average Bonchev–Trinajstić information content (AvgIpc) is 2.92. The molecule has 4 rings (SSSR count). The van der Waals surface area contributed by atoms with E-state index in [1.807, 2.05) is 11.8 Å². The normalized spacial score (nSPS) is 14.6. The van der Waals surface area contributed by atoms with E-state index in [9.17, 15) is 27.2 Å². The number of rotatable bonds is 8. The lowest BCUT2D eigenvalue weighted by Gasteiger charge is -2.34. The zero-order chi connectivity index (χ0) is 29.7. The number of urea groups is 1. The Bertz CT molecular complexity index is 1450. The quantitative estimate of drug-likeness (QED) is 0.338. The minimum Gasteiger partial charge on any atom is -0.488 e. The maximum Gasteiger partial charge on any atom is 0.416 e. The number of ether oxygens (including phenoxy) is 1. The number of benzene rings is 1. The predicted molar refractivity (Wildman–Crippen MR) is 145 cm³/mol. The molecule has 1 fully saturated rings. The Labute approximate surface area is 233 Å². The van der Waals surface area contributed by atoms with Gasteiger partial charge in [0.05, 0.1) is 35.4 Å². The number of H-pyrrole nitrogens is 1. The van der Waals surface area contributed by atoms with Crippen LogP contribution in [0.25, 0.3) is 11.4 Å². The van der Waals surface area contributed by atoms with E-state index in [-0.39, 0.29) is 36.0 Å². The number of aryl methyl sites for hydroxylation is 1. The molecule has 1 aromatic carbocycles. The molecule has 2 aromatic heterocycles. The minimum atomic E-state index is -4.74. The summed E-state index contributed by atoms with van der Waals surface area (Å²) in [4.78, 5) is 39.5. The van der Waals surface area contributed by atoms with Crippen molar-refractivity contribution in [2.75, 3.05) is 50.0 Å². The Kier molecular flexibility index (Phi) is 9.23. The van der Waals surface area contributed by atoms with Crippen molar-refractivity contribution in [3.8, 4) is 17.1 Å². The molecule has 0 bridgehead atoms. The van der Waals surface area contributed by atoms with Crippen LogP contribution in [0.5, 0.6) is 5.75 Å². The first-order chi connectivity index (χ1) is 19.5. The summed E-state index contributed by atoms with van der Waals surface area (Å²) in [6.07, 6.45) is -2.04. The van der Waals surface area contributed by atoms with Crippen LogP contribution in [0.1, 0.15) is 30.7 Å². The van der Waals surface area contributed by atoms with Gasteiger partial charge in [0.2, 0.25) is 0 Å². The second-order valence-electron chi connectivity index (χ2n) is 9.48. The predicted octanol–water partition coefficient (Wildman–Crippen LogP) is 4.48. The highest BCUT2D eigenvalue weighted by atomic mass is 19.4. The highest BCUT2D eigenvalue weighted by molar-refractivity contribution is 6.00. The van der Waals surface area contributed by atoms with Crippen LogP contribution in [-0.2, 0) is 12.7 Å². The summed E-state index contributed by atoms with van der Waals surface area (Å²) in [6.45, 7) is 9.02. The van der Waals surface area contributed by atoms with E-state index in [2.05, 4.69) is 30.5 Å². The van der Waals surface area contributed by atoms with Gasteiger partial charge in [0.25, 0.3) is 5.56 Å². The molecule has 0 aliphatic carbocycles. The summed E-state index contributed by atoms with van der Waals surface area (Å²) in [5.74, 6) is -0.654. The Morgan fingerprint density at radius 2 is 1.76 bits per heavy atom. The monoisotopic (exact) mass is 577 g/mol. The number of hydrogen-bond donors (Lipinski definition) is 3. The third kappa shape index (κ3) is 7.38. The molecular formula is C27H31F4N7O3. The Morgan fingerprint density at radius 3 is 2.39 bits per heavy atom. The molecule has 0 atom stereocenters. The fourth-order valence-electron chi connectivity index (χ4n) is 4.47. The molecule has 1 saturated heterocycles. The van der Waals surface area contributed by atoms with Crippen LogP contribution in [0.4, 0.5) is 33.7 Å². The van der Waals surface area contributed by atoms with Gasteiger partial charge in [0.1, 0.15) is 5.82 Å². The van der Waals surface area contributed by atoms with Crippen LogP contribution in [0.15, 0.2) is 35.4 Å². The molecule has 2 amide bonds. The molecule has 0 unspecified atom stereocenters.